The Morgan fingerprint density at radius 2 is 2.12 bits per heavy atom. The molecule has 1 aromatic carbocycles. The molecule has 16 heavy (non-hydrogen) atoms. The Morgan fingerprint density at radius 3 is 2.81 bits per heavy atom. The Hall–Kier alpha value is -0.400. The van der Waals surface area contributed by atoms with Crippen LogP contribution in [-0.4, -0.2) is 9.97 Å². The number of halogens is 3. The first kappa shape index (κ1) is 12.1. The van der Waals surface area contributed by atoms with Gasteiger partial charge in [0.25, 0.3) is 0 Å². The first-order valence-corrected chi connectivity index (χ1v) is 6.56. The lowest BCUT2D eigenvalue weighted by Crippen LogP contribution is -1.98. The van der Waals surface area contributed by atoms with Crippen LogP contribution in [0.25, 0.3) is 11.4 Å². The Morgan fingerprint density at radius 1 is 1.38 bits per heavy atom. The number of benzene rings is 1. The molecule has 0 aliphatic rings. The van der Waals surface area contributed by atoms with E-state index in [4.69, 9.17) is 17.3 Å². The standard InChI is InChI=1S/C10H6BrClIN3/c11-7-2-1-5(12)3-6(7)10-15-4-8(13)9(14)16-10/h1-4H,(H2,14,15,16). The molecule has 2 rings (SSSR count). The second kappa shape index (κ2) is 4.85. The van der Waals surface area contributed by atoms with Gasteiger partial charge < -0.3 is 5.73 Å². The van der Waals surface area contributed by atoms with Crippen molar-refractivity contribution in [3.8, 4) is 11.4 Å². The minimum atomic E-state index is 0.470. The fourth-order valence-corrected chi connectivity index (χ4v) is 2.03. The Labute approximate surface area is 120 Å². The van der Waals surface area contributed by atoms with Crippen LogP contribution in [0.4, 0.5) is 5.82 Å². The summed E-state index contributed by atoms with van der Waals surface area (Å²) in [6.45, 7) is 0. The van der Waals surface area contributed by atoms with Gasteiger partial charge in [-0.15, -0.1) is 0 Å². The highest BCUT2D eigenvalue weighted by molar-refractivity contribution is 14.1. The zero-order chi connectivity index (χ0) is 11.7. The van der Waals surface area contributed by atoms with Gasteiger partial charge in [0, 0.05) is 21.3 Å². The molecule has 0 bridgehead atoms. The summed E-state index contributed by atoms with van der Waals surface area (Å²) in [7, 11) is 0. The van der Waals surface area contributed by atoms with Gasteiger partial charge in [0.1, 0.15) is 5.82 Å². The maximum absolute atomic E-state index is 5.93. The summed E-state index contributed by atoms with van der Waals surface area (Å²) in [6.07, 6.45) is 1.69. The third-order valence-electron chi connectivity index (χ3n) is 1.94. The van der Waals surface area contributed by atoms with Crippen molar-refractivity contribution in [3.05, 3.63) is 37.5 Å². The summed E-state index contributed by atoms with van der Waals surface area (Å²) in [6, 6.07) is 5.45. The molecule has 0 fully saturated rings. The quantitative estimate of drug-likeness (QED) is 0.729. The predicted octanol–water partition coefficient (Wildman–Crippen LogP) is 3.75. The topological polar surface area (TPSA) is 51.8 Å². The average molecular weight is 410 g/mol. The van der Waals surface area contributed by atoms with Gasteiger partial charge in [-0.2, -0.15) is 0 Å². The number of nitrogens with zero attached hydrogens (tertiary/aromatic N) is 2. The normalized spacial score (nSPS) is 10.4. The highest BCUT2D eigenvalue weighted by Gasteiger charge is 2.08. The van der Waals surface area contributed by atoms with Gasteiger partial charge >= 0.3 is 0 Å². The van der Waals surface area contributed by atoms with Crippen molar-refractivity contribution in [1.82, 2.24) is 9.97 Å². The lowest BCUT2D eigenvalue weighted by atomic mass is 10.2. The van der Waals surface area contributed by atoms with Gasteiger partial charge in [0.2, 0.25) is 0 Å². The highest BCUT2D eigenvalue weighted by atomic mass is 127. The second-order valence-corrected chi connectivity index (χ2v) is 5.50. The van der Waals surface area contributed by atoms with Crippen molar-refractivity contribution >= 4 is 55.9 Å². The summed E-state index contributed by atoms with van der Waals surface area (Å²) < 4.78 is 1.72. The Kier molecular flexibility index (Phi) is 3.66. The number of hydrogen-bond donors (Lipinski definition) is 1. The van der Waals surface area contributed by atoms with Crippen LogP contribution in [-0.2, 0) is 0 Å². The van der Waals surface area contributed by atoms with Crippen LogP contribution in [0.5, 0.6) is 0 Å². The molecule has 0 atom stereocenters. The van der Waals surface area contributed by atoms with Crippen LogP contribution in [0, 0.1) is 3.57 Å². The van der Waals surface area contributed by atoms with Crippen LogP contribution in [0.1, 0.15) is 0 Å². The minimum Gasteiger partial charge on any atom is -0.383 e. The molecule has 0 unspecified atom stereocenters. The number of hydrogen-bond acceptors (Lipinski definition) is 3. The van der Waals surface area contributed by atoms with Gasteiger partial charge in [-0.3, -0.25) is 0 Å². The summed E-state index contributed by atoms with van der Waals surface area (Å²) in [5.74, 6) is 1.03. The van der Waals surface area contributed by atoms with E-state index in [1.807, 2.05) is 6.07 Å². The van der Waals surface area contributed by atoms with E-state index in [0.29, 0.717) is 16.7 Å². The number of aromatic nitrogens is 2. The smallest absolute Gasteiger partial charge is 0.162 e. The molecule has 0 aliphatic carbocycles. The fourth-order valence-electron chi connectivity index (χ4n) is 1.18. The molecule has 2 aromatic rings. The van der Waals surface area contributed by atoms with E-state index in [-0.39, 0.29) is 0 Å². The Bertz CT molecular complexity index is 548. The molecule has 82 valence electrons. The van der Waals surface area contributed by atoms with E-state index in [0.717, 1.165) is 13.6 Å². The van der Waals surface area contributed by atoms with E-state index >= 15 is 0 Å². The molecule has 0 radical (unpaired) electrons. The summed E-state index contributed by atoms with van der Waals surface area (Å²) in [5, 5.41) is 0.638. The van der Waals surface area contributed by atoms with Gasteiger partial charge in [0.05, 0.1) is 3.57 Å². The van der Waals surface area contributed by atoms with Gasteiger partial charge in [-0.25, -0.2) is 9.97 Å². The van der Waals surface area contributed by atoms with Crippen molar-refractivity contribution in [1.29, 1.82) is 0 Å². The summed E-state index contributed by atoms with van der Waals surface area (Å²) in [4.78, 5) is 8.44. The average Bonchev–Trinajstić information content (AvgIpc) is 2.26. The molecule has 0 aliphatic heterocycles. The molecule has 0 spiro atoms. The number of anilines is 1. The van der Waals surface area contributed by atoms with E-state index in [1.165, 1.54) is 0 Å². The van der Waals surface area contributed by atoms with E-state index in [1.54, 1.807) is 18.3 Å². The van der Waals surface area contributed by atoms with E-state index in [2.05, 4.69) is 48.5 Å². The molecule has 1 heterocycles. The molecule has 3 nitrogen and oxygen atoms in total. The first-order chi connectivity index (χ1) is 7.58. The third-order valence-corrected chi connectivity index (χ3v) is 3.70. The van der Waals surface area contributed by atoms with Crippen LogP contribution in [0.15, 0.2) is 28.9 Å². The van der Waals surface area contributed by atoms with Crippen molar-refractivity contribution in [2.45, 2.75) is 0 Å². The zero-order valence-corrected chi connectivity index (χ0v) is 12.4. The Balaban J connectivity index is 2.58. The van der Waals surface area contributed by atoms with Crippen LogP contribution in [0.3, 0.4) is 0 Å². The van der Waals surface area contributed by atoms with Gasteiger partial charge in [0.15, 0.2) is 5.82 Å². The van der Waals surface area contributed by atoms with Crippen molar-refractivity contribution in [2.24, 2.45) is 0 Å². The van der Waals surface area contributed by atoms with Crippen molar-refractivity contribution in [2.75, 3.05) is 5.73 Å². The number of nitrogens with two attached hydrogens (primary N) is 1. The molecule has 0 amide bonds. The zero-order valence-electron chi connectivity index (χ0n) is 7.92. The van der Waals surface area contributed by atoms with Gasteiger partial charge in [-0.05, 0) is 40.8 Å². The molecule has 1 aromatic heterocycles. The second-order valence-electron chi connectivity index (χ2n) is 3.05. The number of nitrogen functional groups attached to an aromatic ring is 1. The predicted molar refractivity (Wildman–Crippen MR) is 77.3 cm³/mol. The molecule has 6 heteroatoms. The van der Waals surface area contributed by atoms with E-state index < -0.39 is 0 Å². The monoisotopic (exact) mass is 409 g/mol. The van der Waals surface area contributed by atoms with Crippen LogP contribution < -0.4 is 5.73 Å². The van der Waals surface area contributed by atoms with Crippen LogP contribution >= 0.6 is 50.1 Å². The summed E-state index contributed by atoms with van der Waals surface area (Å²) in [5.41, 5.74) is 6.57. The molecule has 0 saturated heterocycles. The highest BCUT2D eigenvalue weighted by Crippen LogP contribution is 2.29. The summed E-state index contributed by atoms with van der Waals surface area (Å²) >= 11 is 11.4. The molecular weight excluding hydrogens is 404 g/mol. The molecule has 2 N–H and O–H groups in total. The SMILES string of the molecule is Nc1nc(-c2cc(Cl)ccc2Br)ncc1I. The van der Waals surface area contributed by atoms with E-state index in [9.17, 15) is 0 Å². The molecular formula is C10H6BrClIN3. The lowest BCUT2D eigenvalue weighted by molar-refractivity contribution is 1.16. The first-order valence-electron chi connectivity index (χ1n) is 4.31. The van der Waals surface area contributed by atoms with Crippen molar-refractivity contribution in [3.63, 3.8) is 0 Å². The van der Waals surface area contributed by atoms with Crippen molar-refractivity contribution < 1.29 is 0 Å². The minimum absolute atomic E-state index is 0.470. The number of rotatable bonds is 1. The fraction of sp³-hybridized carbons (Fsp3) is 0. The maximum atomic E-state index is 5.93. The molecule has 0 saturated carbocycles. The largest absolute Gasteiger partial charge is 0.383 e. The lowest BCUT2D eigenvalue weighted by Gasteiger charge is -2.05. The third kappa shape index (κ3) is 2.46. The van der Waals surface area contributed by atoms with Crippen LogP contribution in [0.2, 0.25) is 5.02 Å². The van der Waals surface area contributed by atoms with Gasteiger partial charge in [-0.1, -0.05) is 27.5 Å². The maximum Gasteiger partial charge on any atom is 0.162 e.